The van der Waals surface area contributed by atoms with Gasteiger partial charge in [-0.3, -0.25) is 14.2 Å². The molecule has 0 fully saturated rings. The molecule has 2 N–H and O–H groups in total. The molecule has 0 bridgehead atoms. The summed E-state index contributed by atoms with van der Waals surface area (Å²) in [6.07, 6.45) is 5.95. The molecule has 2 aromatic heterocycles. The third-order valence-corrected chi connectivity index (χ3v) is 8.31. The van der Waals surface area contributed by atoms with Gasteiger partial charge in [-0.25, -0.2) is 16.8 Å². The molecular formula is C28H31N3O6S3. The fourth-order valence-corrected chi connectivity index (χ4v) is 6.57. The summed E-state index contributed by atoms with van der Waals surface area (Å²) in [6.45, 7) is 8.60. The zero-order chi connectivity index (χ0) is 29.2. The fourth-order valence-electron chi connectivity index (χ4n) is 4.62. The Morgan fingerprint density at radius 2 is 1.65 bits per heavy atom. The fraction of sp³-hybridized carbons (Fsp3) is 0.250. The van der Waals surface area contributed by atoms with Gasteiger partial charge in [-0.15, -0.1) is 11.3 Å². The Balaban J connectivity index is 1.87. The number of carbonyl (C=O) groups excluding carboxylic acids is 1. The molecule has 2 aromatic carbocycles. The molecule has 40 heavy (non-hydrogen) atoms. The molecule has 0 spiro atoms. The lowest BCUT2D eigenvalue weighted by Crippen LogP contribution is -2.12. The van der Waals surface area contributed by atoms with Gasteiger partial charge < -0.3 is 9.30 Å². The maximum Gasteiger partial charge on any atom is 0.310 e. The number of nitrogens with one attached hydrogen (secondary N) is 2. The van der Waals surface area contributed by atoms with Crippen molar-refractivity contribution in [2.75, 3.05) is 28.6 Å². The Hall–Kier alpha value is -3.61. The van der Waals surface area contributed by atoms with Crippen molar-refractivity contribution in [3.63, 3.8) is 0 Å². The second-order valence-corrected chi connectivity index (χ2v) is 14.1. The van der Waals surface area contributed by atoms with Crippen molar-refractivity contribution in [2.45, 2.75) is 26.8 Å². The molecule has 0 saturated carbocycles. The highest BCUT2D eigenvalue weighted by Gasteiger charge is 2.17. The number of thiophene rings is 1. The standard InChI is InChI=1S/C28H31N3O6S3/c1-6-25-18(3)38-17-22(25)16-31-15-21(13-28(32)37-7-2)26-9-8-19(12-27(26)31)20-10-23(29-39(4,33)34)14-24(11-20)30-40(5,35)36/h6,8-12,14-15,17,29-30H,1,7,13,16H2,2-5H3. The number of anilines is 2. The van der Waals surface area contributed by atoms with Gasteiger partial charge in [-0.2, -0.15) is 0 Å². The summed E-state index contributed by atoms with van der Waals surface area (Å²) in [6, 6.07) is 10.4. The average Bonchev–Trinajstić information content (AvgIpc) is 3.35. The van der Waals surface area contributed by atoms with E-state index in [9.17, 15) is 21.6 Å². The van der Waals surface area contributed by atoms with Crippen molar-refractivity contribution in [3.05, 3.63) is 76.1 Å². The lowest BCUT2D eigenvalue weighted by atomic mass is 10.0. The Labute approximate surface area is 238 Å². The topological polar surface area (TPSA) is 124 Å². The highest BCUT2D eigenvalue weighted by molar-refractivity contribution is 7.92. The van der Waals surface area contributed by atoms with Crippen molar-refractivity contribution in [2.24, 2.45) is 0 Å². The van der Waals surface area contributed by atoms with Gasteiger partial charge in [0.05, 0.1) is 36.9 Å². The number of rotatable bonds is 11. The van der Waals surface area contributed by atoms with E-state index in [1.165, 1.54) is 6.07 Å². The van der Waals surface area contributed by atoms with Gasteiger partial charge in [0.2, 0.25) is 20.0 Å². The normalized spacial score (nSPS) is 11.9. The van der Waals surface area contributed by atoms with Crippen molar-refractivity contribution < 1.29 is 26.4 Å². The minimum Gasteiger partial charge on any atom is -0.466 e. The molecule has 212 valence electrons. The van der Waals surface area contributed by atoms with Crippen LogP contribution >= 0.6 is 11.3 Å². The van der Waals surface area contributed by atoms with Crippen LogP contribution in [0.1, 0.15) is 28.5 Å². The molecule has 0 aliphatic carbocycles. The summed E-state index contributed by atoms with van der Waals surface area (Å²) in [5.74, 6) is -0.320. The minimum atomic E-state index is -3.61. The second kappa shape index (κ2) is 11.5. The van der Waals surface area contributed by atoms with Crippen molar-refractivity contribution in [1.29, 1.82) is 0 Å². The monoisotopic (exact) mass is 601 g/mol. The van der Waals surface area contributed by atoms with Crippen LogP contribution in [0.3, 0.4) is 0 Å². The zero-order valence-electron chi connectivity index (χ0n) is 22.6. The van der Waals surface area contributed by atoms with E-state index in [0.29, 0.717) is 18.7 Å². The van der Waals surface area contributed by atoms with Gasteiger partial charge >= 0.3 is 5.97 Å². The molecule has 0 amide bonds. The number of aromatic nitrogens is 1. The SMILES string of the molecule is C=Cc1c(Cn2cc(CC(=O)OCC)c3ccc(-c4cc(NS(C)(=O)=O)cc(NS(C)(=O)=O)c4)cc32)csc1C. The Morgan fingerprint density at radius 3 is 2.23 bits per heavy atom. The van der Waals surface area contributed by atoms with E-state index in [1.807, 2.05) is 37.4 Å². The van der Waals surface area contributed by atoms with E-state index >= 15 is 0 Å². The number of fused-ring (bicyclic) bond motifs is 1. The van der Waals surface area contributed by atoms with Crippen LogP contribution in [0.4, 0.5) is 11.4 Å². The first-order valence-electron chi connectivity index (χ1n) is 12.3. The van der Waals surface area contributed by atoms with Crippen LogP contribution in [-0.2, 0) is 42.5 Å². The number of benzene rings is 2. The Bertz CT molecular complexity index is 1770. The molecule has 12 heteroatoms. The predicted octanol–water partition coefficient (Wildman–Crippen LogP) is 5.22. The lowest BCUT2D eigenvalue weighted by molar-refractivity contribution is -0.142. The van der Waals surface area contributed by atoms with Crippen LogP contribution in [-0.4, -0.2) is 46.5 Å². The highest BCUT2D eigenvalue weighted by Crippen LogP contribution is 2.33. The van der Waals surface area contributed by atoms with E-state index in [-0.39, 0.29) is 23.8 Å². The van der Waals surface area contributed by atoms with E-state index in [1.54, 1.807) is 30.4 Å². The number of aryl methyl sites for hydroxylation is 1. The largest absolute Gasteiger partial charge is 0.466 e. The minimum absolute atomic E-state index is 0.115. The molecule has 4 aromatic rings. The summed E-state index contributed by atoms with van der Waals surface area (Å²) in [5.41, 5.74) is 5.61. The molecule has 0 aliphatic rings. The van der Waals surface area contributed by atoms with Crippen molar-refractivity contribution in [1.82, 2.24) is 4.57 Å². The summed E-state index contributed by atoms with van der Waals surface area (Å²) < 4.78 is 59.8. The van der Waals surface area contributed by atoms with Crippen molar-refractivity contribution in [3.8, 4) is 11.1 Å². The summed E-state index contributed by atoms with van der Waals surface area (Å²) in [5, 5.41) is 2.97. The van der Waals surface area contributed by atoms with Crippen LogP contribution in [0.2, 0.25) is 0 Å². The third kappa shape index (κ3) is 7.12. The third-order valence-electron chi connectivity index (χ3n) is 6.13. The predicted molar refractivity (Wildman–Crippen MR) is 163 cm³/mol. The molecule has 0 atom stereocenters. The number of hydrogen-bond donors (Lipinski definition) is 2. The molecule has 4 rings (SSSR count). The molecule has 0 unspecified atom stereocenters. The first-order valence-corrected chi connectivity index (χ1v) is 17.0. The van der Waals surface area contributed by atoms with Crippen LogP contribution in [0.15, 0.2) is 54.6 Å². The summed E-state index contributed by atoms with van der Waals surface area (Å²) in [4.78, 5) is 13.5. The van der Waals surface area contributed by atoms with E-state index < -0.39 is 20.0 Å². The molecule has 0 aliphatic heterocycles. The van der Waals surface area contributed by atoms with E-state index in [4.69, 9.17) is 4.74 Å². The molecular weight excluding hydrogens is 571 g/mol. The van der Waals surface area contributed by atoms with Gasteiger partial charge in [0.1, 0.15) is 0 Å². The van der Waals surface area contributed by atoms with Crippen molar-refractivity contribution >= 4 is 65.7 Å². The average molecular weight is 602 g/mol. The Morgan fingerprint density at radius 1 is 1.00 bits per heavy atom. The highest BCUT2D eigenvalue weighted by atomic mass is 32.2. The number of nitrogens with zero attached hydrogens (tertiary/aromatic N) is 1. The lowest BCUT2D eigenvalue weighted by Gasteiger charge is -2.13. The smallest absolute Gasteiger partial charge is 0.310 e. The maximum atomic E-state index is 12.4. The number of sulfonamides is 2. The van der Waals surface area contributed by atoms with Gasteiger partial charge in [-0.05, 0) is 71.3 Å². The first kappa shape index (κ1) is 29.4. The molecule has 9 nitrogen and oxygen atoms in total. The van der Waals surface area contributed by atoms with Gasteiger partial charge in [0.15, 0.2) is 0 Å². The van der Waals surface area contributed by atoms with Gasteiger partial charge in [-0.1, -0.05) is 24.8 Å². The molecule has 2 heterocycles. The number of hydrogen-bond acceptors (Lipinski definition) is 7. The van der Waals surface area contributed by atoms with Gasteiger partial charge in [0.25, 0.3) is 0 Å². The van der Waals surface area contributed by atoms with Crippen LogP contribution < -0.4 is 9.44 Å². The van der Waals surface area contributed by atoms with Crippen LogP contribution in [0.25, 0.3) is 28.1 Å². The summed E-state index contributed by atoms with van der Waals surface area (Å²) >= 11 is 1.65. The second-order valence-electron chi connectivity index (χ2n) is 9.48. The first-order chi connectivity index (χ1) is 18.8. The quantitative estimate of drug-likeness (QED) is 0.227. The number of carbonyl (C=O) groups is 1. The van der Waals surface area contributed by atoms with Crippen LogP contribution in [0, 0.1) is 6.92 Å². The van der Waals surface area contributed by atoms with Crippen LogP contribution in [0.5, 0.6) is 0 Å². The zero-order valence-corrected chi connectivity index (χ0v) is 25.1. The molecule has 0 saturated heterocycles. The van der Waals surface area contributed by atoms with E-state index in [2.05, 4.69) is 26.0 Å². The molecule has 0 radical (unpaired) electrons. The summed E-state index contributed by atoms with van der Waals surface area (Å²) in [7, 11) is -7.22. The Kier molecular flexibility index (Phi) is 8.43. The van der Waals surface area contributed by atoms with Gasteiger partial charge in [0, 0.05) is 28.5 Å². The van der Waals surface area contributed by atoms with E-state index in [0.717, 1.165) is 50.5 Å². The number of esters is 1. The number of ether oxygens (including phenoxy) is 1. The maximum absolute atomic E-state index is 12.4.